The van der Waals surface area contributed by atoms with Gasteiger partial charge >= 0.3 is 5.97 Å². The summed E-state index contributed by atoms with van der Waals surface area (Å²) < 4.78 is 0. The molecule has 17 heavy (non-hydrogen) atoms. The van der Waals surface area contributed by atoms with E-state index in [9.17, 15) is 4.79 Å². The maximum atomic E-state index is 10.5. The molecule has 0 spiro atoms. The van der Waals surface area contributed by atoms with Crippen LogP contribution in [0.4, 0.5) is 5.69 Å². The summed E-state index contributed by atoms with van der Waals surface area (Å²) in [7, 11) is 0. The summed E-state index contributed by atoms with van der Waals surface area (Å²) in [5, 5.41) is 12.5. The Labute approximate surface area is 98.1 Å². The minimum atomic E-state index is -0.894. The second-order valence-corrected chi connectivity index (χ2v) is 3.73. The highest BCUT2D eigenvalue weighted by atomic mass is 16.6. The minimum Gasteiger partial charge on any atom is -0.481 e. The number of benzene rings is 1. The molecule has 0 aliphatic carbocycles. The van der Waals surface area contributed by atoms with Crippen LogP contribution in [0.3, 0.4) is 0 Å². The molecule has 1 atom stereocenters. The molecular weight excluding hydrogens is 220 g/mol. The van der Waals surface area contributed by atoms with Gasteiger partial charge in [0.15, 0.2) is 5.69 Å². The van der Waals surface area contributed by atoms with Crippen LogP contribution in [-0.2, 0) is 9.63 Å². The highest BCUT2D eigenvalue weighted by Gasteiger charge is 2.24. The van der Waals surface area contributed by atoms with Gasteiger partial charge in [0.1, 0.15) is 6.10 Å². The van der Waals surface area contributed by atoms with E-state index in [1.165, 1.54) is 0 Å². The number of rotatable bonds is 3. The monoisotopic (exact) mass is 230 g/mol. The zero-order valence-electron chi connectivity index (χ0n) is 8.96. The number of carbonyl (C=O) groups is 1. The van der Waals surface area contributed by atoms with E-state index >= 15 is 0 Å². The third-order valence-electron chi connectivity index (χ3n) is 2.46. The molecule has 1 heterocycles. The molecule has 1 aliphatic rings. The van der Waals surface area contributed by atoms with Gasteiger partial charge in [-0.3, -0.25) is 4.79 Å². The summed E-state index contributed by atoms with van der Waals surface area (Å²) in [6.07, 6.45) is 0.0552. The van der Waals surface area contributed by atoms with Crippen LogP contribution in [0.15, 0.2) is 29.4 Å². The quantitative estimate of drug-likeness (QED) is 0.809. The second-order valence-electron chi connectivity index (χ2n) is 3.73. The summed E-state index contributed by atoms with van der Waals surface area (Å²) in [5.74, 6) is -0.894. The third-order valence-corrected chi connectivity index (χ3v) is 2.46. The maximum absolute atomic E-state index is 10.5. The smallest absolute Gasteiger partial charge is 0.307 e. The molecular formula is C12H10N2O3. The van der Waals surface area contributed by atoms with Gasteiger partial charge in [-0.2, -0.15) is 0 Å². The SMILES string of the molecule is [C-]#[N+]c1ccc(C2=NOC(CC(=O)O)C2)cc1. The average molecular weight is 230 g/mol. The van der Waals surface area contributed by atoms with Crippen LogP contribution in [0.1, 0.15) is 18.4 Å². The molecule has 0 saturated carbocycles. The molecule has 0 amide bonds. The van der Waals surface area contributed by atoms with Crippen LogP contribution < -0.4 is 0 Å². The van der Waals surface area contributed by atoms with Gasteiger partial charge in [-0.1, -0.05) is 29.4 Å². The van der Waals surface area contributed by atoms with Crippen LogP contribution in [0.2, 0.25) is 0 Å². The molecule has 0 fully saturated rings. The lowest BCUT2D eigenvalue weighted by atomic mass is 10.0. The molecule has 2 rings (SSSR count). The first-order valence-electron chi connectivity index (χ1n) is 5.11. The van der Waals surface area contributed by atoms with Crippen molar-refractivity contribution in [3.8, 4) is 0 Å². The number of hydrogen-bond donors (Lipinski definition) is 1. The average Bonchev–Trinajstić information content (AvgIpc) is 2.77. The lowest BCUT2D eigenvalue weighted by Crippen LogP contribution is -2.13. The second kappa shape index (κ2) is 4.66. The van der Waals surface area contributed by atoms with Gasteiger partial charge in [-0.15, -0.1) is 0 Å². The normalized spacial score (nSPS) is 18.1. The van der Waals surface area contributed by atoms with E-state index in [0.717, 1.165) is 11.3 Å². The van der Waals surface area contributed by atoms with Gasteiger partial charge in [0.05, 0.1) is 18.7 Å². The van der Waals surface area contributed by atoms with Crippen LogP contribution in [0.25, 0.3) is 4.85 Å². The zero-order valence-corrected chi connectivity index (χ0v) is 8.96. The summed E-state index contributed by atoms with van der Waals surface area (Å²) in [4.78, 5) is 18.8. The van der Waals surface area contributed by atoms with Crippen molar-refractivity contribution >= 4 is 17.4 Å². The van der Waals surface area contributed by atoms with Gasteiger partial charge in [0, 0.05) is 6.42 Å². The molecule has 5 heteroatoms. The lowest BCUT2D eigenvalue weighted by Gasteiger charge is -2.03. The Kier molecular flexibility index (Phi) is 3.06. The first kappa shape index (κ1) is 11.1. The summed E-state index contributed by atoms with van der Waals surface area (Å²) in [6.45, 7) is 6.84. The van der Waals surface area contributed by atoms with E-state index in [-0.39, 0.29) is 12.5 Å². The molecule has 1 N–H and O–H groups in total. The van der Waals surface area contributed by atoms with Gasteiger partial charge in [0.25, 0.3) is 0 Å². The van der Waals surface area contributed by atoms with Crippen LogP contribution >= 0.6 is 0 Å². The van der Waals surface area contributed by atoms with Crippen molar-refractivity contribution in [1.29, 1.82) is 0 Å². The van der Waals surface area contributed by atoms with E-state index in [2.05, 4.69) is 10.0 Å². The lowest BCUT2D eigenvalue weighted by molar-refractivity contribution is -0.139. The van der Waals surface area contributed by atoms with Crippen molar-refractivity contribution in [2.24, 2.45) is 5.16 Å². The van der Waals surface area contributed by atoms with E-state index in [4.69, 9.17) is 16.5 Å². The molecule has 0 saturated heterocycles. The van der Waals surface area contributed by atoms with E-state index in [1.54, 1.807) is 24.3 Å². The Hall–Kier alpha value is -2.35. The highest BCUT2D eigenvalue weighted by molar-refractivity contribution is 6.01. The first-order chi connectivity index (χ1) is 8.19. The van der Waals surface area contributed by atoms with Gasteiger partial charge < -0.3 is 9.94 Å². The van der Waals surface area contributed by atoms with Crippen molar-refractivity contribution in [3.05, 3.63) is 41.2 Å². The van der Waals surface area contributed by atoms with Crippen LogP contribution in [0, 0.1) is 6.57 Å². The third kappa shape index (κ3) is 2.61. The fraction of sp³-hybridized carbons (Fsp3) is 0.250. The fourth-order valence-corrected chi connectivity index (χ4v) is 1.63. The number of aliphatic carboxylic acids is 1. The van der Waals surface area contributed by atoms with Gasteiger partial charge in [-0.25, -0.2) is 4.85 Å². The number of carboxylic acid groups (broad SMARTS) is 1. The molecule has 1 unspecified atom stereocenters. The summed E-state index contributed by atoms with van der Waals surface area (Å²) in [6, 6.07) is 6.99. The van der Waals surface area contributed by atoms with Gasteiger partial charge in [0.2, 0.25) is 0 Å². The highest BCUT2D eigenvalue weighted by Crippen LogP contribution is 2.21. The topological polar surface area (TPSA) is 63.2 Å². The molecule has 1 aromatic rings. The predicted octanol–water partition coefficient (Wildman–Crippen LogP) is 2.21. The molecule has 86 valence electrons. The Morgan fingerprint density at radius 3 is 2.82 bits per heavy atom. The number of oxime groups is 1. The molecule has 0 radical (unpaired) electrons. The van der Waals surface area contributed by atoms with Crippen molar-refractivity contribution in [2.75, 3.05) is 0 Å². The van der Waals surface area contributed by atoms with Crippen molar-refractivity contribution < 1.29 is 14.7 Å². The number of hydrogen-bond acceptors (Lipinski definition) is 3. The Bertz CT molecular complexity index is 499. The minimum absolute atomic E-state index is 0.0485. The van der Waals surface area contributed by atoms with E-state index in [0.29, 0.717) is 12.1 Å². The molecule has 5 nitrogen and oxygen atoms in total. The summed E-state index contributed by atoms with van der Waals surface area (Å²) in [5.41, 5.74) is 2.16. The molecule has 1 aliphatic heterocycles. The van der Waals surface area contributed by atoms with Crippen molar-refractivity contribution in [3.63, 3.8) is 0 Å². The predicted molar refractivity (Wildman–Crippen MR) is 61.0 cm³/mol. The standard InChI is InChI=1S/C12H10N2O3/c1-13-9-4-2-8(3-5-9)11-6-10(17-14-11)7-12(15)16/h2-5,10H,6-7H2,(H,15,16). The first-order valence-corrected chi connectivity index (χ1v) is 5.11. The van der Waals surface area contributed by atoms with Gasteiger partial charge in [-0.05, 0) is 5.56 Å². The van der Waals surface area contributed by atoms with Crippen molar-refractivity contribution in [2.45, 2.75) is 18.9 Å². The van der Waals surface area contributed by atoms with E-state index in [1.807, 2.05) is 0 Å². The molecule has 1 aromatic carbocycles. The Balaban J connectivity index is 2.05. The Morgan fingerprint density at radius 1 is 1.53 bits per heavy atom. The van der Waals surface area contributed by atoms with Crippen molar-refractivity contribution in [1.82, 2.24) is 0 Å². The van der Waals surface area contributed by atoms with E-state index < -0.39 is 5.97 Å². The number of nitrogens with zero attached hydrogens (tertiary/aromatic N) is 2. The fourth-order valence-electron chi connectivity index (χ4n) is 1.63. The number of carboxylic acids is 1. The Morgan fingerprint density at radius 2 is 2.24 bits per heavy atom. The van der Waals surface area contributed by atoms with Crippen LogP contribution in [0.5, 0.6) is 0 Å². The maximum Gasteiger partial charge on any atom is 0.307 e. The molecule has 0 bridgehead atoms. The molecule has 0 aromatic heterocycles. The zero-order chi connectivity index (χ0) is 12.3. The summed E-state index contributed by atoms with van der Waals surface area (Å²) >= 11 is 0. The largest absolute Gasteiger partial charge is 0.481 e. The van der Waals surface area contributed by atoms with Crippen LogP contribution in [-0.4, -0.2) is 22.9 Å².